The van der Waals surface area contributed by atoms with Gasteiger partial charge < -0.3 is 0 Å². The molecule has 0 aromatic heterocycles. The van der Waals surface area contributed by atoms with Gasteiger partial charge in [0.1, 0.15) is 5.78 Å². The minimum Gasteiger partial charge on any atom is -0.299 e. The summed E-state index contributed by atoms with van der Waals surface area (Å²) in [7, 11) is 0. The number of rotatable bonds is 1. The zero-order chi connectivity index (χ0) is 10.8. The van der Waals surface area contributed by atoms with Gasteiger partial charge in [-0.25, -0.2) is 0 Å². The number of hydrogen-bond acceptors (Lipinski definition) is 1. The molecule has 0 spiro atoms. The van der Waals surface area contributed by atoms with Gasteiger partial charge in [-0.3, -0.25) is 4.79 Å². The zero-order valence-corrected chi connectivity index (χ0v) is 9.34. The van der Waals surface area contributed by atoms with Crippen LogP contribution in [0.25, 0.3) is 5.57 Å². The molecule has 1 aromatic carbocycles. The average molecular weight is 200 g/mol. The lowest BCUT2D eigenvalue weighted by molar-refractivity contribution is -0.118. The molecule has 0 unspecified atom stereocenters. The molecule has 0 heterocycles. The second-order valence-corrected chi connectivity index (χ2v) is 4.35. The predicted molar refractivity (Wildman–Crippen MR) is 62.8 cm³/mol. The van der Waals surface area contributed by atoms with Gasteiger partial charge in [0, 0.05) is 12.8 Å². The van der Waals surface area contributed by atoms with Crippen LogP contribution in [-0.4, -0.2) is 5.78 Å². The third kappa shape index (κ3) is 2.35. The van der Waals surface area contributed by atoms with E-state index in [9.17, 15) is 4.79 Å². The van der Waals surface area contributed by atoms with E-state index in [2.05, 4.69) is 38.1 Å². The summed E-state index contributed by atoms with van der Waals surface area (Å²) in [5.74, 6) is 0.364. The van der Waals surface area contributed by atoms with Gasteiger partial charge in [0.15, 0.2) is 0 Å². The van der Waals surface area contributed by atoms with Crippen molar-refractivity contribution in [3.05, 3.63) is 41.0 Å². The minimum absolute atomic E-state index is 0.364. The van der Waals surface area contributed by atoms with Crippen molar-refractivity contribution in [3.8, 4) is 0 Å². The molecule has 1 aromatic rings. The van der Waals surface area contributed by atoms with Crippen molar-refractivity contribution in [1.82, 2.24) is 0 Å². The minimum atomic E-state index is 0.364. The Morgan fingerprint density at radius 1 is 1.00 bits per heavy atom. The number of hydrogen-bond donors (Lipinski definition) is 0. The molecular weight excluding hydrogens is 184 g/mol. The first-order valence-electron chi connectivity index (χ1n) is 5.44. The van der Waals surface area contributed by atoms with Crippen LogP contribution in [0, 0.1) is 13.8 Å². The summed E-state index contributed by atoms with van der Waals surface area (Å²) in [6.07, 6.45) is 4.31. The fourth-order valence-corrected chi connectivity index (χ4v) is 2.14. The molecule has 2 rings (SSSR count). The molecule has 0 radical (unpaired) electrons. The molecule has 1 aliphatic carbocycles. The van der Waals surface area contributed by atoms with Crippen LogP contribution in [0.5, 0.6) is 0 Å². The highest BCUT2D eigenvalue weighted by Gasteiger charge is 2.11. The standard InChI is InChI=1S/C14H16O/c1-10-7-11(2)9-13(8-10)12-3-5-14(15)6-4-12/h3,7-9H,4-6H2,1-2H3. The smallest absolute Gasteiger partial charge is 0.137 e. The van der Waals surface area contributed by atoms with Crippen LogP contribution in [0.15, 0.2) is 24.3 Å². The molecule has 0 saturated carbocycles. The summed E-state index contributed by atoms with van der Waals surface area (Å²) in [5, 5.41) is 0. The second kappa shape index (κ2) is 4.01. The number of carbonyl (C=O) groups excluding carboxylic acids is 1. The van der Waals surface area contributed by atoms with Crippen LogP contribution in [0.1, 0.15) is 36.0 Å². The molecule has 78 valence electrons. The van der Waals surface area contributed by atoms with Gasteiger partial charge in [0.2, 0.25) is 0 Å². The normalized spacial score (nSPS) is 16.4. The molecule has 1 aliphatic rings. The van der Waals surface area contributed by atoms with Gasteiger partial charge in [0.25, 0.3) is 0 Å². The Balaban J connectivity index is 2.33. The summed E-state index contributed by atoms with van der Waals surface area (Å²) < 4.78 is 0. The maximum atomic E-state index is 11.1. The quantitative estimate of drug-likeness (QED) is 0.678. The van der Waals surface area contributed by atoms with E-state index in [1.54, 1.807) is 0 Å². The summed E-state index contributed by atoms with van der Waals surface area (Å²) in [6.45, 7) is 4.23. The number of aryl methyl sites for hydroxylation is 2. The fourth-order valence-electron chi connectivity index (χ4n) is 2.14. The van der Waals surface area contributed by atoms with Gasteiger partial charge in [-0.1, -0.05) is 35.4 Å². The number of allylic oxidation sites excluding steroid dienone is 2. The summed E-state index contributed by atoms with van der Waals surface area (Å²) >= 11 is 0. The number of carbonyl (C=O) groups is 1. The Hall–Kier alpha value is -1.37. The van der Waals surface area contributed by atoms with Crippen LogP contribution in [0.2, 0.25) is 0 Å². The van der Waals surface area contributed by atoms with Crippen LogP contribution in [-0.2, 0) is 4.79 Å². The van der Waals surface area contributed by atoms with Gasteiger partial charge in [-0.05, 0) is 31.4 Å². The summed E-state index contributed by atoms with van der Waals surface area (Å²) in [4.78, 5) is 11.1. The van der Waals surface area contributed by atoms with Crippen molar-refractivity contribution < 1.29 is 4.79 Å². The van der Waals surface area contributed by atoms with Crippen molar-refractivity contribution in [3.63, 3.8) is 0 Å². The highest BCUT2D eigenvalue weighted by molar-refractivity contribution is 5.87. The number of Topliss-reactive ketones (excluding diaryl/α,β-unsaturated/α-hetero) is 1. The van der Waals surface area contributed by atoms with E-state index in [1.165, 1.54) is 22.3 Å². The molecule has 1 nitrogen and oxygen atoms in total. The molecule has 0 amide bonds. The van der Waals surface area contributed by atoms with E-state index in [4.69, 9.17) is 0 Å². The molecule has 0 N–H and O–H groups in total. The summed E-state index contributed by atoms with van der Waals surface area (Å²) in [6, 6.07) is 6.58. The Bertz CT molecular complexity index is 407. The fraction of sp³-hybridized carbons (Fsp3) is 0.357. The van der Waals surface area contributed by atoms with Crippen molar-refractivity contribution in [1.29, 1.82) is 0 Å². The van der Waals surface area contributed by atoms with Crippen LogP contribution < -0.4 is 0 Å². The van der Waals surface area contributed by atoms with Crippen molar-refractivity contribution in [2.45, 2.75) is 33.1 Å². The molecule has 15 heavy (non-hydrogen) atoms. The second-order valence-electron chi connectivity index (χ2n) is 4.35. The summed E-state index contributed by atoms with van der Waals surface area (Å²) in [5.41, 5.74) is 5.21. The lowest BCUT2D eigenvalue weighted by Gasteiger charge is -2.13. The van der Waals surface area contributed by atoms with Crippen LogP contribution >= 0.6 is 0 Å². The van der Waals surface area contributed by atoms with E-state index >= 15 is 0 Å². The molecule has 0 bridgehead atoms. The topological polar surface area (TPSA) is 17.1 Å². The third-order valence-corrected chi connectivity index (χ3v) is 2.84. The maximum absolute atomic E-state index is 11.1. The molecule has 0 aliphatic heterocycles. The SMILES string of the molecule is Cc1cc(C)cc(C2=CCC(=O)CC2)c1. The molecule has 0 fully saturated rings. The maximum Gasteiger partial charge on any atom is 0.137 e. The van der Waals surface area contributed by atoms with Gasteiger partial charge in [-0.15, -0.1) is 0 Å². The molecule has 0 saturated heterocycles. The van der Waals surface area contributed by atoms with E-state index in [0.717, 1.165) is 6.42 Å². The first kappa shape index (κ1) is 10.2. The first-order valence-corrected chi connectivity index (χ1v) is 5.44. The lowest BCUT2D eigenvalue weighted by Crippen LogP contribution is -2.03. The number of ketones is 1. The van der Waals surface area contributed by atoms with Crippen LogP contribution in [0.4, 0.5) is 0 Å². The van der Waals surface area contributed by atoms with E-state index < -0.39 is 0 Å². The van der Waals surface area contributed by atoms with Crippen LogP contribution in [0.3, 0.4) is 0 Å². The Morgan fingerprint density at radius 2 is 1.67 bits per heavy atom. The van der Waals surface area contributed by atoms with E-state index in [1.807, 2.05) is 0 Å². The zero-order valence-electron chi connectivity index (χ0n) is 9.34. The van der Waals surface area contributed by atoms with Gasteiger partial charge in [-0.2, -0.15) is 0 Å². The Labute approximate surface area is 90.8 Å². The molecule has 1 heteroatoms. The Morgan fingerprint density at radius 3 is 2.20 bits per heavy atom. The number of benzene rings is 1. The molecule has 0 atom stereocenters. The highest BCUT2D eigenvalue weighted by Crippen LogP contribution is 2.26. The van der Waals surface area contributed by atoms with Gasteiger partial charge in [0.05, 0.1) is 0 Å². The Kier molecular flexibility index (Phi) is 2.72. The largest absolute Gasteiger partial charge is 0.299 e. The van der Waals surface area contributed by atoms with Crippen molar-refractivity contribution in [2.24, 2.45) is 0 Å². The first-order chi connectivity index (χ1) is 7.15. The average Bonchev–Trinajstić information content (AvgIpc) is 2.17. The highest BCUT2D eigenvalue weighted by atomic mass is 16.1. The van der Waals surface area contributed by atoms with E-state index in [0.29, 0.717) is 18.6 Å². The van der Waals surface area contributed by atoms with E-state index in [-0.39, 0.29) is 0 Å². The van der Waals surface area contributed by atoms with Gasteiger partial charge >= 0.3 is 0 Å². The van der Waals surface area contributed by atoms with Crippen molar-refractivity contribution >= 4 is 11.4 Å². The van der Waals surface area contributed by atoms with Crippen molar-refractivity contribution in [2.75, 3.05) is 0 Å². The monoisotopic (exact) mass is 200 g/mol. The lowest BCUT2D eigenvalue weighted by atomic mass is 9.91. The predicted octanol–water partition coefficient (Wildman–Crippen LogP) is 3.44. The molecular formula is C14H16O. The third-order valence-electron chi connectivity index (χ3n) is 2.84.